The van der Waals surface area contributed by atoms with Gasteiger partial charge in [0.1, 0.15) is 0 Å². The second-order valence-electron chi connectivity index (χ2n) is 4.97. The molecule has 1 N–H and O–H groups in total. The van der Waals surface area contributed by atoms with Crippen molar-refractivity contribution in [3.8, 4) is 22.6 Å². The number of aromatic hydroxyl groups is 1. The minimum atomic E-state index is -4.43. The molecule has 3 nitrogen and oxygen atoms in total. The Balaban J connectivity index is 2.22. The number of nitrogens with zero attached hydrogens (tertiary/aromatic N) is 1. The Kier molecular flexibility index (Phi) is 3.60. The number of benzene rings is 2. The van der Waals surface area contributed by atoms with Crippen LogP contribution in [0.4, 0.5) is 13.2 Å². The van der Waals surface area contributed by atoms with Gasteiger partial charge in [0.25, 0.3) is 0 Å². The summed E-state index contributed by atoms with van der Waals surface area (Å²) in [7, 11) is 1.42. The van der Waals surface area contributed by atoms with E-state index in [2.05, 4.69) is 4.98 Å². The molecule has 0 spiro atoms. The number of rotatable bonds is 2. The fourth-order valence-corrected chi connectivity index (χ4v) is 2.43. The fourth-order valence-electron chi connectivity index (χ4n) is 2.43. The lowest BCUT2D eigenvalue weighted by Gasteiger charge is -2.11. The summed E-state index contributed by atoms with van der Waals surface area (Å²) in [4.78, 5) is 4.09. The van der Waals surface area contributed by atoms with Gasteiger partial charge in [-0.25, -0.2) is 0 Å². The summed E-state index contributed by atoms with van der Waals surface area (Å²) in [6.07, 6.45) is -2.91. The maximum absolute atomic E-state index is 12.9. The van der Waals surface area contributed by atoms with E-state index in [1.54, 1.807) is 18.2 Å². The summed E-state index contributed by atoms with van der Waals surface area (Å²) in [6.45, 7) is 0. The van der Waals surface area contributed by atoms with Crippen molar-refractivity contribution in [2.45, 2.75) is 6.18 Å². The highest BCUT2D eigenvalue weighted by Crippen LogP contribution is 2.37. The lowest BCUT2D eigenvalue weighted by molar-refractivity contribution is -0.137. The number of phenols is 1. The Bertz CT molecular complexity index is 875. The van der Waals surface area contributed by atoms with Crippen LogP contribution in [0, 0.1) is 0 Å². The normalized spacial score (nSPS) is 11.7. The molecule has 118 valence electrons. The smallest absolute Gasteiger partial charge is 0.416 e. The largest absolute Gasteiger partial charge is 0.504 e. The van der Waals surface area contributed by atoms with Crippen LogP contribution in [0.5, 0.6) is 11.5 Å². The topological polar surface area (TPSA) is 42.4 Å². The van der Waals surface area contributed by atoms with Gasteiger partial charge in [0.05, 0.1) is 18.2 Å². The summed E-state index contributed by atoms with van der Waals surface area (Å²) in [5, 5.41) is 10.3. The minimum absolute atomic E-state index is 0.0815. The Morgan fingerprint density at radius 3 is 2.48 bits per heavy atom. The van der Waals surface area contributed by atoms with E-state index in [9.17, 15) is 18.3 Å². The van der Waals surface area contributed by atoms with Crippen LogP contribution in [-0.4, -0.2) is 17.2 Å². The third-order valence-electron chi connectivity index (χ3n) is 3.56. The van der Waals surface area contributed by atoms with Crippen LogP contribution < -0.4 is 4.74 Å². The van der Waals surface area contributed by atoms with Crippen molar-refractivity contribution >= 4 is 10.9 Å². The summed E-state index contributed by atoms with van der Waals surface area (Å²) in [6, 6.07) is 9.71. The molecule has 0 fully saturated rings. The zero-order valence-electron chi connectivity index (χ0n) is 12.1. The summed E-state index contributed by atoms with van der Waals surface area (Å²) >= 11 is 0. The van der Waals surface area contributed by atoms with Crippen molar-refractivity contribution in [2.24, 2.45) is 0 Å². The van der Waals surface area contributed by atoms with Gasteiger partial charge in [0.2, 0.25) is 0 Å². The van der Waals surface area contributed by atoms with Gasteiger partial charge in [-0.15, -0.1) is 0 Å². The molecule has 1 heterocycles. The molecular weight excluding hydrogens is 307 g/mol. The van der Waals surface area contributed by atoms with Gasteiger partial charge in [0.15, 0.2) is 11.5 Å². The highest BCUT2D eigenvalue weighted by Gasteiger charge is 2.30. The van der Waals surface area contributed by atoms with Crippen molar-refractivity contribution in [1.29, 1.82) is 0 Å². The molecule has 0 saturated carbocycles. The van der Waals surface area contributed by atoms with E-state index in [1.807, 2.05) is 0 Å². The molecular formula is C17H12F3NO2. The highest BCUT2D eigenvalue weighted by atomic mass is 19.4. The zero-order chi connectivity index (χ0) is 16.6. The van der Waals surface area contributed by atoms with Gasteiger partial charge in [-0.2, -0.15) is 13.2 Å². The molecule has 0 aliphatic rings. The Morgan fingerprint density at radius 2 is 1.83 bits per heavy atom. The Labute approximate surface area is 130 Å². The van der Waals surface area contributed by atoms with Gasteiger partial charge >= 0.3 is 6.18 Å². The molecule has 0 bridgehead atoms. The van der Waals surface area contributed by atoms with Gasteiger partial charge < -0.3 is 9.84 Å². The number of fused-ring (bicyclic) bond motifs is 1. The first kappa shape index (κ1) is 15.1. The third kappa shape index (κ3) is 2.79. The second-order valence-corrected chi connectivity index (χ2v) is 4.97. The minimum Gasteiger partial charge on any atom is -0.504 e. The molecule has 3 aromatic rings. The number of aromatic nitrogens is 1. The molecule has 3 rings (SSSR count). The SMILES string of the molecule is COc1ccc(-c2ccnc3ccc(C(F)(F)F)cc23)cc1O. The average Bonchev–Trinajstić information content (AvgIpc) is 2.53. The fraction of sp³-hybridized carbons (Fsp3) is 0.118. The zero-order valence-corrected chi connectivity index (χ0v) is 12.1. The number of methoxy groups -OCH3 is 1. The first-order valence-electron chi connectivity index (χ1n) is 6.73. The molecule has 0 amide bonds. The summed E-state index contributed by atoms with van der Waals surface area (Å²) in [5.41, 5.74) is 0.844. The predicted molar refractivity (Wildman–Crippen MR) is 80.4 cm³/mol. The number of hydrogen-bond donors (Lipinski definition) is 1. The highest BCUT2D eigenvalue weighted by molar-refractivity contribution is 5.95. The van der Waals surface area contributed by atoms with Crippen molar-refractivity contribution in [1.82, 2.24) is 4.98 Å². The molecule has 0 unspecified atom stereocenters. The van der Waals surface area contributed by atoms with Gasteiger partial charge in [0, 0.05) is 11.6 Å². The van der Waals surface area contributed by atoms with E-state index in [0.29, 0.717) is 27.8 Å². The van der Waals surface area contributed by atoms with Gasteiger partial charge in [-0.05, 0) is 47.5 Å². The van der Waals surface area contributed by atoms with E-state index in [0.717, 1.165) is 12.1 Å². The third-order valence-corrected chi connectivity index (χ3v) is 3.56. The Morgan fingerprint density at radius 1 is 1.04 bits per heavy atom. The van der Waals surface area contributed by atoms with E-state index < -0.39 is 11.7 Å². The first-order valence-corrected chi connectivity index (χ1v) is 6.73. The quantitative estimate of drug-likeness (QED) is 0.748. The number of hydrogen-bond acceptors (Lipinski definition) is 3. The van der Waals surface area contributed by atoms with E-state index in [4.69, 9.17) is 4.74 Å². The maximum Gasteiger partial charge on any atom is 0.416 e. The monoisotopic (exact) mass is 319 g/mol. The van der Waals surface area contributed by atoms with Crippen LogP contribution in [0.25, 0.3) is 22.0 Å². The van der Waals surface area contributed by atoms with Crippen molar-refractivity contribution in [2.75, 3.05) is 7.11 Å². The van der Waals surface area contributed by atoms with Crippen LogP contribution in [0.2, 0.25) is 0 Å². The molecule has 0 radical (unpaired) electrons. The van der Waals surface area contributed by atoms with Crippen molar-refractivity contribution in [3.63, 3.8) is 0 Å². The lowest BCUT2D eigenvalue weighted by atomic mass is 9.99. The van der Waals surface area contributed by atoms with E-state index >= 15 is 0 Å². The molecule has 1 aromatic heterocycles. The van der Waals surface area contributed by atoms with Crippen LogP contribution in [0.1, 0.15) is 5.56 Å². The van der Waals surface area contributed by atoms with Crippen LogP contribution >= 0.6 is 0 Å². The summed E-state index contributed by atoms with van der Waals surface area (Å²) in [5.74, 6) is 0.213. The van der Waals surface area contributed by atoms with Crippen LogP contribution in [0.15, 0.2) is 48.7 Å². The summed E-state index contributed by atoms with van der Waals surface area (Å²) < 4.78 is 43.8. The lowest BCUT2D eigenvalue weighted by Crippen LogP contribution is -2.04. The van der Waals surface area contributed by atoms with E-state index in [-0.39, 0.29) is 5.75 Å². The van der Waals surface area contributed by atoms with Gasteiger partial charge in [-0.3, -0.25) is 4.98 Å². The number of halogens is 3. The molecule has 0 saturated heterocycles. The maximum atomic E-state index is 12.9. The number of pyridine rings is 1. The van der Waals surface area contributed by atoms with Crippen molar-refractivity contribution < 1.29 is 23.0 Å². The number of phenolic OH excluding ortho intramolecular Hbond substituents is 1. The van der Waals surface area contributed by atoms with E-state index in [1.165, 1.54) is 25.4 Å². The molecule has 0 aliphatic heterocycles. The molecule has 23 heavy (non-hydrogen) atoms. The standard InChI is InChI=1S/C17H12F3NO2/c1-23-16-5-2-10(8-15(16)22)12-6-7-21-14-4-3-11(9-13(12)14)17(18,19)20/h2-9,22H,1H3. The number of alkyl halides is 3. The number of ether oxygens (including phenoxy) is 1. The molecule has 2 aromatic carbocycles. The molecule has 6 heteroatoms. The first-order chi connectivity index (χ1) is 10.9. The molecule has 0 atom stereocenters. The van der Waals surface area contributed by atoms with Crippen LogP contribution in [-0.2, 0) is 6.18 Å². The Hall–Kier alpha value is -2.76. The predicted octanol–water partition coefficient (Wildman–Crippen LogP) is 4.63. The van der Waals surface area contributed by atoms with Crippen LogP contribution in [0.3, 0.4) is 0 Å². The average molecular weight is 319 g/mol. The van der Waals surface area contributed by atoms with Gasteiger partial charge in [-0.1, -0.05) is 6.07 Å². The van der Waals surface area contributed by atoms with Crippen molar-refractivity contribution in [3.05, 3.63) is 54.2 Å². The molecule has 0 aliphatic carbocycles. The second kappa shape index (κ2) is 5.46.